The smallest absolute Gasteiger partial charge is 0.241 e. The molecule has 3 rings (SSSR count). The Morgan fingerprint density at radius 2 is 1.77 bits per heavy atom. The quantitative estimate of drug-likeness (QED) is 0.696. The van der Waals surface area contributed by atoms with E-state index in [-0.39, 0.29) is 5.91 Å². The van der Waals surface area contributed by atoms with Crippen molar-refractivity contribution < 1.29 is 9.59 Å². The Morgan fingerprint density at radius 1 is 1.08 bits per heavy atom. The number of primary amides is 1. The van der Waals surface area contributed by atoms with Crippen molar-refractivity contribution in [3.8, 4) is 11.3 Å². The predicted octanol–water partition coefficient (Wildman–Crippen LogP) is 3.99. The van der Waals surface area contributed by atoms with Crippen LogP contribution in [0.1, 0.15) is 12.5 Å². The number of rotatable bonds is 5. The zero-order valence-corrected chi connectivity index (χ0v) is 14.9. The molecule has 26 heavy (non-hydrogen) atoms. The molecule has 2 amide bonds. The molecule has 0 radical (unpaired) electrons. The highest BCUT2D eigenvalue weighted by Crippen LogP contribution is 2.32. The van der Waals surface area contributed by atoms with Crippen LogP contribution in [0, 0.1) is 0 Å². The number of amides is 2. The van der Waals surface area contributed by atoms with Crippen molar-refractivity contribution in [1.29, 1.82) is 0 Å². The largest absolute Gasteiger partial charge is 0.366 e. The lowest BCUT2D eigenvalue weighted by atomic mass is 10.2. The molecule has 3 aromatic rings. The SMILES string of the molecule is CC(=O)N(c1ccc(C=CC(N)=O)cc1)c1nc(-c2ccccc2)cs1. The normalized spacial score (nSPS) is 10.8. The second-order valence-corrected chi connectivity index (χ2v) is 6.40. The number of carbonyl (C=O) groups excluding carboxylic acids is 2. The Hall–Kier alpha value is -3.25. The number of thiazole rings is 1. The minimum Gasteiger partial charge on any atom is -0.366 e. The summed E-state index contributed by atoms with van der Waals surface area (Å²) in [4.78, 5) is 29.2. The Morgan fingerprint density at radius 3 is 2.38 bits per heavy atom. The maximum Gasteiger partial charge on any atom is 0.241 e. The van der Waals surface area contributed by atoms with E-state index >= 15 is 0 Å². The maximum atomic E-state index is 12.2. The molecular formula is C20H17N3O2S. The van der Waals surface area contributed by atoms with Gasteiger partial charge < -0.3 is 5.73 Å². The number of aromatic nitrogens is 1. The van der Waals surface area contributed by atoms with Crippen molar-refractivity contribution in [2.24, 2.45) is 5.73 Å². The predicted molar refractivity (Wildman–Crippen MR) is 105 cm³/mol. The topological polar surface area (TPSA) is 76.3 Å². The summed E-state index contributed by atoms with van der Waals surface area (Å²) in [5, 5.41) is 2.54. The molecule has 0 bridgehead atoms. The lowest BCUT2D eigenvalue weighted by Gasteiger charge is -2.18. The first kappa shape index (κ1) is 17.6. The van der Waals surface area contributed by atoms with Crippen LogP contribution in [0.2, 0.25) is 0 Å². The zero-order valence-electron chi connectivity index (χ0n) is 14.1. The first-order valence-electron chi connectivity index (χ1n) is 7.94. The summed E-state index contributed by atoms with van der Waals surface area (Å²) in [5.74, 6) is -0.630. The van der Waals surface area contributed by atoms with Crippen LogP contribution in [-0.4, -0.2) is 16.8 Å². The Kier molecular flexibility index (Phi) is 5.24. The van der Waals surface area contributed by atoms with Crippen LogP contribution in [0.25, 0.3) is 17.3 Å². The van der Waals surface area contributed by atoms with E-state index in [1.165, 1.54) is 24.3 Å². The molecule has 0 saturated heterocycles. The average Bonchev–Trinajstić information content (AvgIpc) is 3.11. The van der Waals surface area contributed by atoms with E-state index in [1.807, 2.05) is 60.0 Å². The summed E-state index contributed by atoms with van der Waals surface area (Å²) in [6.45, 7) is 1.50. The van der Waals surface area contributed by atoms with E-state index < -0.39 is 5.91 Å². The lowest BCUT2D eigenvalue weighted by Crippen LogP contribution is -2.22. The molecule has 0 fully saturated rings. The molecule has 0 atom stereocenters. The van der Waals surface area contributed by atoms with Gasteiger partial charge in [0.1, 0.15) is 0 Å². The van der Waals surface area contributed by atoms with Crippen LogP contribution in [0.3, 0.4) is 0 Å². The minimum atomic E-state index is -0.504. The molecule has 0 saturated carbocycles. The number of carbonyl (C=O) groups is 2. The Bertz CT molecular complexity index is 947. The number of hydrogen-bond donors (Lipinski definition) is 1. The summed E-state index contributed by atoms with van der Waals surface area (Å²) >= 11 is 1.41. The highest BCUT2D eigenvalue weighted by atomic mass is 32.1. The standard InChI is InChI=1S/C20H17N3O2S/c1-14(24)23(17-10-7-15(8-11-17)9-12-19(21)25)20-22-18(13-26-20)16-5-3-2-4-6-16/h2-13H,1H3,(H2,21,25). The fourth-order valence-electron chi connectivity index (χ4n) is 2.45. The molecule has 5 nitrogen and oxygen atoms in total. The van der Waals surface area contributed by atoms with Crippen LogP contribution in [-0.2, 0) is 9.59 Å². The Labute approximate surface area is 155 Å². The van der Waals surface area contributed by atoms with Crippen LogP contribution in [0.15, 0.2) is 66.1 Å². The lowest BCUT2D eigenvalue weighted by molar-refractivity contribution is -0.116. The molecule has 0 aliphatic rings. The van der Waals surface area contributed by atoms with Crippen LogP contribution in [0.4, 0.5) is 10.8 Å². The molecule has 1 aromatic heterocycles. The van der Waals surface area contributed by atoms with Gasteiger partial charge in [0.05, 0.1) is 11.4 Å². The fourth-order valence-corrected chi connectivity index (χ4v) is 3.34. The van der Waals surface area contributed by atoms with E-state index in [1.54, 1.807) is 11.0 Å². The summed E-state index contributed by atoms with van der Waals surface area (Å²) in [7, 11) is 0. The van der Waals surface area contributed by atoms with Crippen molar-refractivity contribution in [1.82, 2.24) is 4.98 Å². The molecule has 1 heterocycles. The number of benzene rings is 2. The van der Waals surface area contributed by atoms with Gasteiger partial charge >= 0.3 is 0 Å². The second kappa shape index (κ2) is 7.76. The van der Waals surface area contributed by atoms with Crippen molar-refractivity contribution in [2.75, 3.05) is 4.90 Å². The van der Waals surface area contributed by atoms with Crippen molar-refractivity contribution >= 4 is 40.0 Å². The van der Waals surface area contributed by atoms with Crippen molar-refractivity contribution in [2.45, 2.75) is 6.92 Å². The molecule has 2 N–H and O–H groups in total. The molecule has 0 aliphatic carbocycles. The molecular weight excluding hydrogens is 346 g/mol. The number of nitrogens with two attached hydrogens (primary N) is 1. The van der Waals surface area contributed by atoms with Gasteiger partial charge in [-0.25, -0.2) is 4.98 Å². The maximum absolute atomic E-state index is 12.2. The third-order valence-electron chi connectivity index (χ3n) is 3.66. The van der Waals surface area contributed by atoms with Crippen LogP contribution in [0.5, 0.6) is 0 Å². The first-order valence-corrected chi connectivity index (χ1v) is 8.82. The van der Waals surface area contributed by atoms with Gasteiger partial charge in [-0.2, -0.15) is 0 Å². The van der Waals surface area contributed by atoms with E-state index in [4.69, 9.17) is 5.73 Å². The molecule has 0 spiro atoms. The number of nitrogens with zero attached hydrogens (tertiary/aromatic N) is 2. The van der Waals surface area contributed by atoms with Crippen molar-refractivity contribution in [3.63, 3.8) is 0 Å². The summed E-state index contributed by atoms with van der Waals surface area (Å²) in [5.41, 5.74) is 8.47. The van der Waals surface area contributed by atoms with Gasteiger partial charge in [-0.1, -0.05) is 42.5 Å². The van der Waals surface area contributed by atoms with Gasteiger partial charge in [0.25, 0.3) is 0 Å². The van der Waals surface area contributed by atoms with Crippen LogP contribution < -0.4 is 10.6 Å². The molecule has 0 unspecified atom stereocenters. The van der Waals surface area contributed by atoms with Gasteiger partial charge in [0.2, 0.25) is 11.8 Å². The number of anilines is 2. The summed E-state index contributed by atoms with van der Waals surface area (Å²) in [6.07, 6.45) is 2.92. The van der Waals surface area contributed by atoms with Gasteiger partial charge in [0, 0.05) is 23.9 Å². The Balaban J connectivity index is 1.89. The van der Waals surface area contributed by atoms with Gasteiger partial charge in [-0.3, -0.25) is 14.5 Å². The van der Waals surface area contributed by atoms with Crippen LogP contribution >= 0.6 is 11.3 Å². The second-order valence-electron chi connectivity index (χ2n) is 5.56. The van der Waals surface area contributed by atoms with Gasteiger partial charge in [0.15, 0.2) is 5.13 Å². The minimum absolute atomic E-state index is 0.126. The molecule has 6 heteroatoms. The van der Waals surface area contributed by atoms with E-state index in [2.05, 4.69) is 4.98 Å². The van der Waals surface area contributed by atoms with Gasteiger partial charge in [-0.15, -0.1) is 11.3 Å². The van der Waals surface area contributed by atoms with E-state index in [0.29, 0.717) is 10.8 Å². The van der Waals surface area contributed by atoms with E-state index in [0.717, 1.165) is 16.8 Å². The molecule has 130 valence electrons. The van der Waals surface area contributed by atoms with Crippen molar-refractivity contribution in [3.05, 3.63) is 71.6 Å². The molecule has 0 aliphatic heterocycles. The third-order valence-corrected chi connectivity index (χ3v) is 4.48. The third kappa shape index (κ3) is 4.04. The number of hydrogen-bond acceptors (Lipinski definition) is 4. The summed E-state index contributed by atoms with van der Waals surface area (Å²) < 4.78 is 0. The first-order chi connectivity index (χ1) is 12.5. The zero-order chi connectivity index (χ0) is 18.5. The monoisotopic (exact) mass is 363 g/mol. The summed E-state index contributed by atoms with van der Waals surface area (Å²) in [6, 6.07) is 17.1. The highest BCUT2D eigenvalue weighted by molar-refractivity contribution is 7.14. The molecule has 2 aromatic carbocycles. The van der Waals surface area contributed by atoms with E-state index in [9.17, 15) is 9.59 Å². The fraction of sp³-hybridized carbons (Fsp3) is 0.0500. The highest BCUT2D eigenvalue weighted by Gasteiger charge is 2.18. The average molecular weight is 363 g/mol. The van der Waals surface area contributed by atoms with Gasteiger partial charge in [-0.05, 0) is 23.8 Å².